The van der Waals surface area contributed by atoms with Crippen molar-refractivity contribution in [2.75, 3.05) is 17.7 Å². The number of aryl methyl sites for hydroxylation is 1. The van der Waals surface area contributed by atoms with E-state index in [0.29, 0.717) is 12.5 Å². The lowest BCUT2D eigenvalue weighted by atomic mass is 10.2. The Morgan fingerprint density at radius 2 is 1.96 bits per heavy atom. The Morgan fingerprint density at radius 1 is 1.12 bits per heavy atom. The van der Waals surface area contributed by atoms with E-state index in [0.717, 1.165) is 27.3 Å². The number of methoxy groups -OCH3 is 1. The van der Waals surface area contributed by atoms with Crippen LogP contribution in [0.3, 0.4) is 0 Å². The van der Waals surface area contributed by atoms with Gasteiger partial charge < -0.3 is 15.4 Å². The number of para-hydroxylation sites is 1. The summed E-state index contributed by atoms with van der Waals surface area (Å²) in [7, 11) is 1.67. The molecule has 0 aliphatic rings. The van der Waals surface area contributed by atoms with Crippen molar-refractivity contribution in [1.82, 2.24) is 9.97 Å². The second-order valence-electron chi connectivity index (χ2n) is 5.54. The van der Waals surface area contributed by atoms with Crippen molar-refractivity contribution in [2.24, 2.45) is 0 Å². The van der Waals surface area contributed by atoms with Gasteiger partial charge in [0, 0.05) is 22.8 Å². The molecular weight excluding hydrogens is 380 g/mol. The molecule has 0 saturated carbocycles. The van der Waals surface area contributed by atoms with Crippen molar-refractivity contribution < 1.29 is 4.74 Å². The summed E-state index contributed by atoms with van der Waals surface area (Å²) in [6, 6.07) is 15.8. The SMILES string of the molecule is COc1ccccc1CNc1nccc(Nc2ccc(C)cc2Br)n1. The highest BCUT2D eigenvalue weighted by Crippen LogP contribution is 2.26. The number of nitrogens with zero attached hydrogens (tertiary/aromatic N) is 2. The van der Waals surface area contributed by atoms with E-state index in [2.05, 4.69) is 55.6 Å². The zero-order chi connectivity index (χ0) is 17.6. The zero-order valence-electron chi connectivity index (χ0n) is 14.1. The maximum Gasteiger partial charge on any atom is 0.224 e. The van der Waals surface area contributed by atoms with Gasteiger partial charge in [0.25, 0.3) is 0 Å². The van der Waals surface area contributed by atoms with E-state index >= 15 is 0 Å². The molecule has 5 nitrogen and oxygen atoms in total. The van der Waals surface area contributed by atoms with Crippen LogP contribution in [-0.2, 0) is 6.54 Å². The number of hydrogen-bond acceptors (Lipinski definition) is 5. The van der Waals surface area contributed by atoms with E-state index in [1.807, 2.05) is 36.4 Å². The molecule has 1 heterocycles. The molecular formula is C19H19BrN4O. The van der Waals surface area contributed by atoms with Crippen LogP contribution in [-0.4, -0.2) is 17.1 Å². The van der Waals surface area contributed by atoms with Crippen molar-refractivity contribution in [3.05, 3.63) is 70.3 Å². The molecule has 0 bridgehead atoms. The van der Waals surface area contributed by atoms with Gasteiger partial charge in [-0.1, -0.05) is 24.3 Å². The summed E-state index contributed by atoms with van der Waals surface area (Å²) in [6.45, 7) is 2.64. The summed E-state index contributed by atoms with van der Waals surface area (Å²) in [5.41, 5.74) is 3.20. The fraction of sp³-hybridized carbons (Fsp3) is 0.158. The Morgan fingerprint density at radius 3 is 2.76 bits per heavy atom. The Bertz CT molecular complexity index is 870. The van der Waals surface area contributed by atoms with E-state index in [-0.39, 0.29) is 0 Å². The molecule has 0 fully saturated rings. The average Bonchev–Trinajstić information content (AvgIpc) is 2.63. The summed E-state index contributed by atoms with van der Waals surface area (Å²) >= 11 is 3.56. The molecule has 0 saturated heterocycles. The van der Waals surface area contributed by atoms with Crippen LogP contribution in [0.2, 0.25) is 0 Å². The van der Waals surface area contributed by atoms with Crippen molar-refractivity contribution in [3.63, 3.8) is 0 Å². The highest BCUT2D eigenvalue weighted by molar-refractivity contribution is 9.10. The summed E-state index contributed by atoms with van der Waals surface area (Å²) in [6.07, 6.45) is 1.72. The molecule has 6 heteroatoms. The number of benzene rings is 2. The van der Waals surface area contributed by atoms with Gasteiger partial charge >= 0.3 is 0 Å². The van der Waals surface area contributed by atoms with Gasteiger partial charge in [0.05, 0.1) is 12.8 Å². The van der Waals surface area contributed by atoms with Crippen LogP contribution in [0.5, 0.6) is 5.75 Å². The van der Waals surface area contributed by atoms with Crippen LogP contribution in [0.25, 0.3) is 0 Å². The van der Waals surface area contributed by atoms with E-state index < -0.39 is 0 Å². The Labute approximate surface area is 155 Å². The van der Waals surface area contributed by atoms with Crippen LogP contribution in [0.15, 0.2) is 59.2 Å². The normalized spacial score (nSPS) is 10.4. The second-order valence-corrected chi connectivity index (χ2v) is 6.39. The number of hydrogen-bond donors (Lipinski definition) is 2. The fourth-order valence-corrected chi connectivity index (χ4v) is 2.99. The third kappa shape index (κ3) is 4.48. The highest BCUT2D eigenvalue weighted by Gasteiger charge is 2.05. The fourth-order valence-electron chi connectivity index (χ4n) is 2.40. The minimum atomic E-state index is 0.555. The topological polar surface area (TPSA) is 59.1 Å². The van der Waals surface area contributed by atoms with Gasteiger partial charge in [0.15, 0.2) is 0 Å². The molecule has 0 unspecified atom stereocenters. The third-order valence-corrected chi connectivity index (χ3v) is 4.33. The lowest BCUT2D eigenvalue weighted by molar-refractivity contribution is 0.410. The van der Waals surface area contributed by atoms with Gasteiger partial charge in [-0.25, -0.2) is 4.98 Å². The van der Waals surface area contributed by atoms with Crippen LogP contribution in [0.4, 0.5) is 17.5 Å². The summed E-state index contributed by atoms with van der Waals surface area (Å²) < 4.78 is 6.36. The van der Waals surface area contributed by atoms with Crippen molar-refractivity contribution in [3.8, 4) is 5.75 Å². The highest BCUT2D eigenvalue weighted by atomic mass is 79.9. The predicted octanol–water partition coefficient (Wildman–Crippen LogP) is 4.91. The Kier molecular flexibility index (Phi) is 5.50. The zero-order valence-corrected chi connectivity index (χ0v) is 15.7. The Balaban J connectivity index is 1.71. The number of nitrogens with one attached hydrogen (secondary N) is 2. The Hall–Kier alpha value is -2.60. The van der Waals surface area contributed by atoms with Crippen LogP contribution < -0.4 is 15.4 Å². The molecule has 0 amide bonds. The molecule has 3 aromatic rings. The number of rotatable bonds is 6. The van der Waals surface area contributed by atoms with E-state index in [9.17, 15) is 0 Å². The van der Waals surface area contributed by atoms with Gasteiger partial charge in [-0.05, 0) is 52.7 Å². The standard InChI is InChI=1S/C19H19BrN4O/c1-13-7-8-16(15(20)11-13)23-18-9-10-21-19(24-18)22-12-14-5-3-4-6-17(14)25-2/h3-11H,12H2,1-2H3,(H2,21,22,23,24). The largest absolute Gasteiger partial charge is 0.496 e. The van der Waals surface area contributed by atoms with Crippen LogP contribution in [0.1, 0.15) is 11.1 Å². The molecule has 1 aromatic heterocycles. The number of aromatic nitrogens is 2. The molecule has 25 heavy (non-hydrogen) atoms. The number of halogens is 1. The molecule has 128 valence electrons. The molecule has 3 rings (SSSR count). The van der Waals surface area contributed by atoms with Gasteiger partial charge in [0.2, 0.25) is 5.95 Å². The molecule has 2 aromatic carbocycles. The van der Waals surface area contributed by atoms with Crippen LogP contribution >= 0.6 is 15.9 Å². The first-order valence-corrected chi connectivity index (χ1v) is 8.67. The van der Waals surface area contributed by atoms with Crippen molar-refractivity contribution >= 4 is 33.4 Å². The van der Waals surface area contributed by atoms with Gasteiger partial charge in [-0.3, -0.25) is 0 Å². The monoisotopic (exact) mass is 398 g/mol. The lowest BCUT2D eigenvalue weighted by Gasteiger charge is -2.11. The first kappa shape index (κ1) is 17.2. The predicted molar refractivity (Wildman–Crippen MR) is 105 cm³/mol. The first-order chi connectivity index (χ1) is 12.2. The van der Waals surface area contributed by atoms with E-state index in [4.69, 9.17) is 4.74 Å². The molecule has 0 spiro atoms. The maximum absolute atomic E-state index is 5.36. The van der Waals surface area contributed by atoms with Gasteiger partial charge in [0.1, 0.15) is 11.6 Å². The summed E-state index contributed by atoms with van der Waals surface area (Å²) in [5.74, 6) is 2.12. The smallest absolute Gasteiger partial charge is 0.224 e. The molecule has 0 atom stereocenters. The molecule has 0 radical (unpaired) electrons. The summed E-state index contributed by atoms with van der Waals surface area (Å²) in [5, 5.41) is 6.53. The first-order valence-electron chi connectivity index (χ1n) is 7.87. The molecule has 2 N–H and O–H groups in total. The minimum Gasteiger partial charge on any atom is -0.496 e. The average molecular weight is 399 g/mol. The lowest BCUT2D eigenvalue weighted by Crippen LogP contribution is -2.06. The van der Waals surface area contributed by atoms with Crippen molar-refractivity contribution in [2.45, 2.75) is 13.5 Å². The van der Waals surface area contributed by atoms with Gasteiger partial charge in [-0.15, -0.1) is 0 Å². The summed E-state index contributed by atoms with van der Waals surface area (Å²) in [4.78, 5) is 8.78. The number of anilines is 3. The molecule has 0 aliphatic carbocycles. The van der Waals surface area contributed by atoms with E-state index in [1.54, 1.807) is 13.3 Å². The second kappa shape index (κ2) is 7.98. The van der Waals surface area contributed by atoms with Crippen LogP contribution in [0, 0.1) is 6.92 Å². The molecule has 0 aliphatic heterocycles. The number of ether oxygens (including phenoxy) is 1. The van der Waals surface area contributed by atoms with E-state index in [1.165, 1.54) is 5.56 Å². The quantitative estimate of drug-likeness (QED) is 0.617. The van der Waals surface area contributed by atoms with Gasteiger partial charge in [-0.2, -0.15) is 4.98 Å². The minimum absolute atomic E-state index is 0.555. The third-order valence-electron chi connectivity index (χ3n) is 3.67. The maximum atomic E-state index is 5.36. The van der Waals surface area contributed by atoms with Crippen molar-refractivity contribution in [1.29, 1.82) is 0 Å².